The molecule has 0 aliphatic carbocycles. The molecule has 6 heteroatoms. The van der Waals surface area contributed by atoms with Crippen molar-refractivity contribution in [1.82, 2.24) is 0 Å². The summed E-state index contributed by atoms with van der Waals surface area (Å²) in [6, 6.07) is 12.6. The Hall–Kier alpha value is -2.68. The van der Waals surface area contributed by atoms with Crippen LogP contribution >= 0.6 is 0 Å². The van der Waals surface area contributed by atoms with Crippen molar-refractivity contribution in [2.75, 3.05) is 19.1 Å². The molecular weight excluding hydrogens is 305 g/mol. The zero-order valence-electron chi connectivity index (χ0n) is 12.7. The van der Waals surface area contributed by atoms with Crippen LogP contribution < -0.4 is 9.64 Å². The molecule has 0 saturated heterocycles. The number of nitriles is 1. The summed E-state index contributed by atoms with van der Waals surface area (Å²) in [7, 11) is 3.27. The molecule has 0 spiro atoms. The molecule has 0 aliphatic heterocycles. The smallest absolute Gasteiger partial charge is 0.417 e. The van der Waals surface area contributed by atoms with E-state index < -0.39 is 11.7 Å². The van der Waals surface area contributed by atoms with Crippen LogP contribution in [0.5, 0.6) is 5.75 Å². The van der Waals surface area contributed by atoms with Crippen LogP contribution in [0.2, 0.25) is 0 Å². The lowest BCUT2D eigenvalue weighted by atomic mass is 10.1. The first-order valence-electron chi connectivity index (χ1n) is 6.80. The number of halogens is 3. The average Bonchev–Trinajstić information content (AvgIpc) is 2.54. The molecule has 0 radical (unpaired) electrons. The van der Waals surface area contributed by atoms with E-state index in [0.717, 1.165) is 11.6 Å². The molecule has 0 heterocycles. The number of nitrogens with zero attached hydrogens (tertiary/aromatic N) is 2. The maximum absolute atomic E-state index is 13.0. The fraction of sp³-hybridized carbons (Fsp3) is 0.235. The minimum absolute atomic E-state index is 0.376. The molecule has 0 bridgehead atoms. The van der Waals surface area contributed by atoms with Crippen molar-refractivity contribution in [3.8, 4) is 11.8 Å². The van der Waals surface area contributed by atoms with Crippen LogP contribution in [0.1, 0.15) is 16.7 Å². The molecule has 3 nitrogen and oxygen atoms in total. The first-order valence-corrected chi connectivity index (χ1v) is 6.80. The van der Waals surface area contributed by atoms with Crippen molar-refractivity contribution in [2.24, 2.45) is 0 Å². The largest absolute Gasteiger partial charge is 0.497 e. The van der Waals surface area contributed by atoms with Gasteiger partial charge in [-0.1, -0.05) is 12.1 Å². The number of rotatable bonds is 4. The van der Waals surface area contributed by atoms with E-state index in [-0.39, 0.29) is 5.56 Å². The van der Waals surface area contributed by atoms with Gasteiger partial charge >= 0.3 is 6.18 Å². The summed E-state index contributed by atoms with van der Waals surface area (Å²) in [6.45, 7) is 0.438. The highest BCUT2D eigenvalue weighted by Crippen LogP contribution is 2.34. The van der Waals surface area contributed by atoms with Crippen molar-refractivity contribution < 1.29 is 17.9 Å². The van der Waals surface area contributed by atoms with Crippen LogP contribution in [0.15, 0.2) is 42.5 Å². The highest BCUT2D eigenvalue weighted by atomic mass is 19.4. The lowest BCUT2D eigenvalue weighted by Crippen LogP contribution is -2.18. The Kier molecular flexibility index (Phi) is 4.80. The van der Waals surface area contributed by atoms with Crippen molar-refractivity contribution >= 4 is 5.69 Å². The Labute approximate surface area is 132 Å². The summed E-state index contributed by atoms with van der Waals surface area (Å²) >= 11 is 0. The van der Waals surface area contributed by atoms with Gasteiger partial charge in [0.05, 0.1) is 24.3 Å². The van der Waals surface area contributed by atoms with Gasteiger partial charge in [-0.25, -0.2) is 0 Å². The third-order valence-electron chi connectivity index (χ3n) is 3.45. The van der Waals surface area contributed by atoms with Gasteiger partial charge in [0.1, 0.15) is 5.75 Å². The predicted molar refractivity (Wildman–Crippen MR) is 81.3 cm³/mol. The maximum atomic E-state index is 13.0. The molecule has 0 saturated carbocycles. The van der Waals surface area contributed by atoms with E-state index in [1.54, 1.807) is 37.3 Å². The summed E-state index contributed by atoms with van der Waals surface area (Å²) in [5, 5.41) is 8.82. The summed E-state index contributed by atoms with van der Waals surface area (Å²) in [6.07, 6.45) is -4.55. The number of hydrogen-bond acceptors (Lipinski definition) is 3. The molecule has 23 heavy (non-hydrogen) atoms. The Bertz CT molecular complexity index is 718. The molecule has 2 rings (SSSR count). The second-order valence-electron chi connectivity index (χ2n) is 5.04. The standard InChI is InChI=1S/C17H15F3N2O/c1-22(11-12-3-7-15(23-2)8-4-12)14-6-5-13(10-21)16(9-14)17(18,19)20/h3-9H,11H2,1-2H3. The Balaban J connectivity index is 2.25. The van der Waals surface area contributed by atoms with Gasteiger partial charge in [-0.05, 0) is 35.9 Å². The fourth-order valence-corrected chi connectivity index (χ4v) is 2.20. The van der Waals surface area contributed by atoms with Crippen LogP contribution in [-0.2, 0) is 12.7 Å². The van der Waals surface area contributed by atoms with E-state index in [0.29, 0.717) is 18.0 Å². The molecule has 2 aromatic rings. The molecule has 0 fully saturated rings. The number of alkyl halides is 3. The minimum Gasteiger partial charge on any atom is -0.497 e. The topological polar surface area (TPSA) is 36.3 Å². The Morgan fingerprint density at radius 2 is 1.78 bits per heavy atom. The van der Waals surface area contributed by atoms with Gasteiger partial charge < -0.3 is 9.64 Å². The zero-order valence-corrected chi connectivity index (χ0v) is 12.7. The second-order valence-corrected chi connectivity index (χ2v) is 5.04. The molecule has 0 aromatic heterocycles. The predicted octanol–water partition coefficient (Wildman–Crippen LogP) is 4.22. The van der Waals surface area contributed by atoms with Crippen LogP contribution in [0.4, 0.5) is 18.9 Å². The SMILES string of the molecule is COc1ccc(CN(C)c2ccc(C#N)c(C(F)(F)F)c2)cc1. The highest BCUT2D eigenvalue weighted by molar-refractivity contribution is 5.54. The van der Waals surface area contributed by atoms with Gasteiger partial charge in [0.25, 0.3) is 0 Å². The monoisotopic (exact) mass is 320 g/mol. The molecule has 0 aliphatic rings. The molecule has 120 valence electrons. The second kappa shape index (κ2) is 6.61. The minimum atomic E-state index is -4.55. The van der Waals surface area contributed by atoms with Crippen molar-refractivity contribution in [1.29, 1.82) is 5.26 Å². The van der Waals surface area contributed by atoms with Crippen molar-refractivity contribution in [3.05, 3.63) is 59.2 Å². The van der Waals surface area contributed by atoms with Crippen LogP contribution in [0, 0.1) is 11.3 Å². The van der Waals surface area contributed by atoms with Crippen molar-refractivity contribution in [3.63, 3.8) is 0 Å². The normalized spacial score (nSPS) is 11.0. The van der Waals surface area contributed by atoms with Gasteiger partial charge in [0.15, 0.2) is 0 Å². The lowest BCUT2D eigenvalue weighted by Gasteiger charge is -2.21. The first kappa shape index (κ1) is 16.7. The van der Waals surface area contributed by atoms with E-state index in [1.807, 2.05) is 12.1 Å². The highest BCUT2D eigenvalue weighted by Gasteiger charge is 2.34. The Morgan fingerprint density at radius 3 is 2.30 bits per heavy atom. The number of anilines is 1. The summed E-state index contributed by atoms with van der Waals surface area (Å²) < 4.78 is 44.1. The quantitative estimate of drug-likeness (QED) is 0.846. The van der Waals surface area contributed by atoms with Gasteiger partial charge in [-0.3, -0.25) is 0 Å². The third kappa shape index (κ3) is 3.95. The fourth-order valence-electron chi connectivity index (χ4n) is 2.20. The van der Waals surface area contributed by atoms with E-state index in [9.17, 15) is 13.2 Å². The van der Waals surface area contributed by atoms with Crippen molar-refractivity contribution in [2.45, 2.75) is 12.7 Å². The van der Waals surface area contributed by atoms with Gasteiger partial charge in [-0.15, -0.1) is 0 Å². The van der Waals surface area contributed by atoms with E-state index in [1.165, 1.54) is 12.1 Å². The molecule has 0 atom stereocenters. The number of benzene rings is 2. The molecule has 0 unspecified atom stereocenters. The maximum Gasteiger partial charge on any atom is 0.417 e. The van der Waals surface area contributed by atoms with E-state index in [2.05, 4.69) is 0 Å². The first-order chi connectivity index (χ1) is 10.8. The Morgan fingerprint density at radius 1 is 1.13 bits per heavy atom. The molecular formula is C17H15F3N2O. The third-order valence-corrected chi connectivity index (χ3v) is 3.45. The summed E-state index contributed by atoms with van der Waals surface area (Å²) in [4.78, 5) is 1.69. The zero-order chi connectivity index (χ0) is 17.0. The number of ether oxygens (including phenoxy) is 1. The number of hydrogen-bond donors (Lipinski definition) is 0. The van der Waals surface area contributed by atoms with Crippen LogP contribution in [0.25, 0.3) is 0 Å². The molecule has 2 aromatic carbocycles. The van der Waals surface area contributed by atoms with E-state index >= 15 is 0 Å². The van der Waals surface area contributed by atoms with Crippen LogP contribution in [0.3, 0.4) is 0 Å². The van der Waals surface area contributed by atoms with Gasteiger partial charge in [0.2, 0.25) is 0 Å². The van der Waals surface area contributed by atoms with Crippen LogP contribution in [-0.4, -0.2) is 14.2 Å². The van der Waals surface area contributed by atoms with Gasteiger partial charge in [-0.2, -0.15) is 18.4 Å². The lowest BCUT2D eigenvalue weighted by molar-refractivity contribution is -0.137. The van der Waals surface area contributed by atoms with E-state index in [4.69, 9.17) is 10.00 Å². The average molecular weight is 320 g/mol. The van der Waals surface area contributed by atoms with Gasteiger partial charge in [0, 0.05) is 19.3 Å². The summed E-state index contributed by atoms with van der Waals surface area (Å²) in [5.41, 5.74) is 0.0385. The molecule has 0 amide bonds. The molecule has 0 N–H and O–H groups in total. The number of methoxy groups -OCH3 is 1. The summed E-state index contributed by atoms with van der Waals surface area (Å²) in [5.74, 6) is 0.717.